The summed E-state index contributed by atoms with van der Waals surface area (Å²) >= 11 is 7.14. The predicted molar refractivity (Wildman–Crippen MR) is 179 cm³/mol. The van der Waals surface area contributed by atoms with E-state index in [2.05, 4.69) is 16.0 Å². The number of halogens is 1. The Morgan fingerprint density at radius 1 is 0.756 bits per heavy atom. The Kier molecular flexibility index (Phi) is 9.93. The van der Waals surface area contributed by atoms with Gasteiger partial charge in [-0.3, -0.25) is 14.4 Å². The number of anilines is 2. The number of thioether (sulfide) groups is 1. The van der Waals surface area contributed by atoms with E-state index in [0.29, 0.717) is 21.8 Å². The molecule has 0 spiro atoms. The molecule has 0 radical (unpaired) electrons. The van der Waals surface area contributed by atoms with Crippen molar-refractivity contribution in [3.8, 4) is 0 Å². The van der Waals surface area contributed by atoms with Crippen molar-refractivity contribution in [2.75, 3.05) is 16.4 Å². The molecule has 5 aromatic rings. The first-order valence-corrected chi connectivity index (χ1v) is 15.1. The van der Waals surface area contributed by atoms with Gasteiger partial charge in [-0.15, -0.1) is 11.8 Å². The van der Waals surface area contributed by atoms with E-state index in [0.717, 1.165) is 16.3 Å². The number of carboxylic acids is 1. The second-order valence-electron chi connectivity index (χ2n) is 9.77. The Morgan fingerprint density at radius 2 is 1.47 bits per heavy atom. The standard InChI is InChI=1S/C35H26ClN3O5S/c36-30-17-16-26(20-29(30)35(43)44)37-32(40)21-45-27-14-7-13-25(19-27)38-34(42)31(39-33(41)23-9-2-1-3-10-23)18-24-12-6-11-22-8-4-5-15-28(22)24/h1-20H,21H2,(H,37,40)(H,38,42)(H,39,41)(H,43,44)/b31-18+. The summed E-state index contributed by atoms with van der Waals surface area (Å²) in [5.41, 5.74) is 1.89. The van der Waals surface area contributed by atoms with Crippen LogP contribution in [0.2, 0.25) is 5.02 Å². The van der Waals surface area contributed by atoms with Crippen LogP contribution in [0.3, 0.4) is 0 Å². The maximum Gasteiger partial charge on any atom is 0.337 e. The molecule has 0 saturated carbocycles. The number of carboxylic acid groups (broad SMARTS) is 1. The van der Waals surface area contributed by atoms with Crippen LogP contribution in [0.15, 0.2) is 126 Å². The van der Waals surface area contributed by atoms with Gasteiger partial charge in [0.25, 0.3) is 11.8 Å². The molecule has 0 bridgehead atoms. The lowest BCUT2D eigenvalue weighted by molar-refractivity contribution is -0.114. The van der Waals surface area contributed by atoms with Crippen LogP contribution in [0.4, 0.5) is 11.4 Å². The molecule has 0 saturated heterocycles. The lowest BCUT2D eigenvalue weighted by atomic mass is 10.0. The van der Waals surface area contributed by atoms with Gasteiger partial charge in [-0.05, 0) is 70.9 Å². The Balaban J connectivity index is 1.31. The van der Waals surface area contributed by atoms with Crippen molar-refractivity contribution in [1.29, 1.82) is 0 Å². The molecule has 5 aromatic carbocycles. The second kappa shape index (κ2) is 14.4. The molecular formula is C35H26ClN3O5S. The van der Waals surface area contributed by atoms with Crippen LogP contribution >= 0.6 is 23.4 Å². The van der Waals surface area contributed by atoms with E-state index in [9.17, 15) is 24.3 Å². The molecule has 0 aliphatic carbocycles. The lowest BCUT2D eigenvalue weighted by Gasteiger charge is -2.13. The first kappa shape index (κ1) is 31.1. The quantitative estimate of drug-likeness (QED) is 0.0941. The van der Waals surface area contributed by atoms with E-state index in [1.807, 2.05) is 42.5 Å². The third-order valence-corrected chi connectivity index (χ3v) is 7.92. The number of carbonyl (C=O) groups excluding carboxylic acids is 3. The topological polar surface area (TPSA) is 125 Å². The molecule has 8 nitrogen and oxygen atoms in total. The summed E-state index contributed by atoms with van der Waals surface area (Å²) in [7, 11) is 0. The number of rotatable bonds is 10. The normalized spacial score (nSPS) is 11.1. The molecule has 5 rings (SSSR count). The summed E-state index contributed by atoms with van der Waals surface area (Å²) in [6.45, 7) is 0. The van der Waals surface area contributed by atoms with Crippen LogP contribution in [0.5, 0.6) is 0 Å². The molecule has 0 aliphatic heterocycles. The summed E-state index contributed by atoms with van der Waals surface area (Å²) in [5.74, 6) is -2.47. The predicted octanol–water partition coefficient (Wildman–Crippen LogP) is 7.33. The summed E-state index contributed by atoms with van der Waals surface area (Å²) in [5, 5.41) is 19.5. The highest BCUT2D eigenvalue weighted by atomic mass is 35.5. The number of amides is 3. The summed E-state index contributed by atoms with van der Waals surface area (Å²) in [6.07, 6.45) is 1.65. The zero-order chi connectivity index (χ0) is 31.8. The van der Waals surface area contributed by atoms with E-state index in [-0.39, 0.29) is 27.9 Å². The smallest absolute Gasteiger partial charge is 0.337 e. The van der Waals surface area contributed by atoms with Gasteiger partial charge in [0.15, 0.2) is 0 Å². The van der Waals surface area contributed by atoms with Gasteiger partial charge in [0.05, 0.1) is 16.3 Å². The van der Waals surface area contributed by atoms with Crippen molar-refractivity contribution in [1.82, 2.24) is 5.32 Å². The van der Waals surface area contributed by atoms with E-state index in [1.54, 1.807) is 60.7 Å². The molecule has 0 atom stereocenters. The Morgan fingerprint density at radius 3 is 2.27 bits per heavy atom. The monoisotopic (exact) mass is 635 g/mol. The summed E-state index contributed by atoms with van der Waals surface area (Å²) in [4.78, 5) is 51.2. The second-order valence-corrected chi connectivity index (χ2v) is 11.2. The third-order valence-electron chi connectivity index (χ3n) is 6.59. The molecule has 0 aliphatic rings. The molecule has 3 amide bonds. The molecule has 4 N–H and O–H groups in total. The Labute approximate surface area is 268 Å². The van der Waals surface area contributed by atoms with Crippen molar-refractivity contribution >= 4 is 75.3 Å². The van der Waals surface area contributed by atoms with Gasteiger partial charge in [0.1, 0.15) is 5.70 Å². The van der Waals surface area contributed by atoms with Gasteiger partial charge in [0, 0.05) is 21.8 Å². The number of hydrogen-bond donors (Lipinski definition) is 4. The van der Waals surface area contributed by atoms with E-state index >= 15 is 0 Å². The number of hydrogen-bond acceptors (Lipinski definition) is 5. The van der Waals surface area contributed by atoms with Crippen LogP contribution in [-0.4, -0.2) is 34.6 Å². The van der Waals surface area contributed by atoms with Gasteiger partial charge < -0.3 is 21.1 Å². The summed E-state index contributed by atoms with van der Waals surface area (Å²) < 4.78 is 0. The van der Waals surface area contributed by atoms with Gasteiger partial charge in [-0.1, -0.05) is 78.3 Å². The van der Waals surface area contributed by atoms with Crippen molar-refractivity contribution in [3.63, 3.8) is 0 Å². The SMILES string of the molecule is O=C(CSc1cccc(NC(=O)/C(=C\c2cccc3ccccc23)NC(=O)c2ccccc2)c1)Nc1ccc(Cl)c(C(=O)O)c1. The fourth-order valence-corrected chi connectivity index (χ4v) is 5.40. The van der Waals surface area contributed by atoms with Gasteiger partial charge in [0.2, 0.25) is 5.91 Å². The zero-order valence-electron chi connectivity index (χ0n) is 23.6. The Hall–Kier alpha value is -5.38. The number of benzene rings is 5. The largest absolute Gasteiger partial charge is 0.478 e. The first-order chi connectivity index (χ1) is 21.8. The minimum atomic E-state index is -1.20. The van der Waals surface area contributed by atoms with Gasteiger partial charge in [-0.2, -0.15) is 0 Å². The average molecular weight is 636 g/mol. The van der Waals surface area contributed by atoms with E-state index < -0.39 is 17.8 Å². The van der Waals surface area contributed by atoms with Crippen molar-refractivity contribution < 1.29 is 24.3 Å². The molecular weight excluding hydrogens is 610 g/mol. The van der Waals surface area contributed by atoms with E-state index in [1.165, 1.54) is 30.0 Å². The number of aromatic carboxylic acids is 1. The zero-order valence-corrected chi connectivity index (χ0v) is 25.2. The van der Waals surface area contributed by atoms with Crippen molar-refractivity contribution in [3.05, 3.63) is 143 Å². The molecule has 0 unspecified atom stereocenters. The molecule has 0 heterocycles. The fourth-order valence-electron chi connectivity index (χ4n) is 4.45. The molecule has 0 fully saturated rings. The lowest BCUT2D eigenvalue weighted by Crippen LogP contribution is -2.30. The highest BCUT2D eigenvalue weighted by Gasteiger charge is 2.16. The van der Waals surface area contributed by atoms with Crippen molar-refractivity contribution in [2.24, 2.45) is 0 Å². The first-order valence-electron chi connectivity index (χ1n) is 13.7. The number of fused-ring (bicyclic) bond motifs is 1. The highest BCUT2D eigenvalue weighted by Crippen LogP contribution is 2.25. The highest BCUT2D eigenvalue weighted by molar-refractivity contribution is 8.00. The summed E-state index contributed by atoms with van der Waals surface area (Å²) in [6, 6.07) is 33.3. The average Bonchev–Trinajstić information content (AvgIpc) is 3.05. The van der Waals surface area contributed by atoms with Gasteiger partial charge >= 0.3 is 5.97 Å². The van der Waals surface area contributed by atoms with Crippen LogP contribution in [0, 0.1) is 0 Å². The minimum absolute atomic E-state index is 0.0296. The number of nitrogens with one attached hydrogen (secondary N) is 3. The number of carbonyl (C=O) groups is 4. The molecule has 224 valence electrons. The van der Waals surface area contributed by atoms with Crippen LogP contribution < -0.4 is 16.0 Å². The van der Waals surface area contributed by atoms with Crippen LogP contribution in [-0.2, 0) is 9.59 Å². The maximum absolute atomic E-state index is 13.6. The fraction of sp³-hybridized carbons (Fsp3) is 0.0286. The van der Waals surface area contributed by atoms with Crippen LogP contribution in [0.1, 0.15) is 26.3 Å². The molecule has 0 aromatic heterocycles. The van der Waals surface area contributed by atoms with Crippen molar-refractivity contribution in [2.45, 2.75) is 4.90 Å². The van der Waals surface area contributed by atoms with Crippen LogP contribution in [0.25, 0.3) is 16.8 Å². The minimum Gasteiger partial charge on any atom is -0.478 e. The molecule has 10 heteroatoms. The van der Waals surface area contributed by atoms with E-state index in [4.69, 9.17) is 11.6 Å². The molecule has 45 heavy (non-hydrogen) atoms. The Bertz CT molecular complexity index is 1940. The van der Waals surface area contributed by atoms with Gasteiger partial charge in [-0.25, -0.2) is 4.79 Å². The third kappa shape index (κ3) is 8.17. The maximum atomic E-state index is 13.6.